The van der Waals surface area contributed by atoms with Crippen LogP contribution in [-0.2, 0) is 4.79 Å². The van der Waals surface area contributed by atoms with Crippen LogP contribution < -0.4 is 0 Å². The number of aliphatic carboxylic acids is 1. The lowest BCUT2D eigenvalue weighted by molar-refractivity contribution is -0.150. The summed E-state index contributed by atoms with van der Waals surface area (Å²) < 4.78 is 0. The van der Waals surface area contributed by atoms with Crippen molar-refractivity contribution >= 4 is 23.2 Å². The summed E-state index contributed by atoms with van der Waals surface area (Å²) >= 11 is 1.34. The molecule has 0 aromatic carbocycles. The molecule has 0 atom stereocenters. The fourth-order valence-corrected chi connectivity index (χ4v) is 2.84. The predicted molar refractivity (Wildman–Crippen MR) is 67.7 cm³/mol. The van der Waals surface area contributed by atoms with Gasteiger partial charge in [-0.3, -0.25) is 9.59 Å². The maximum atomic E-state index is 12.2. The zero-order valence-electron chi connectivity index (χ0n) is 10.5. The van der Waals surface area contributed by atoms with Gasteiger partial charge in [-0.2, -0.15) is 0 Å². The molecule has 0 unspecified atom stereocenters. The number of hydrogen-bond acceptors (Lipinski definition) is 4. The highest BCUT2D eigenvalue weighted by Crippen LogP contribution is 2.32. The second-order valence-corrected chi connectivity index (χ2v) is 5.78. The van der Waals surface area contributed by atoms with Crippen molar-refractivity contribution < 1.29 is 14.7 Å². The van der Waals surface area contributed by atoms with E-state index in [9.17, 15) is 9.59 Å². The molecular weight excluding hydrogens is 252 g/mol. The molecule has 18 heavy (non-hydrogen) atoms. The van der Waals surface area contributed by atoms with E-state index in [1.807, 2.05) is 6.92 Å². The van der Waals surface area contributed by atoms with Gasteiger partial charge in [-0.1, -0.05) is 0 Å². The second-order valence-electron chi connectivity index (χ2n) is 4.92. The number of aryl methyl sites for hydroxylation is 1. The van der Waals surface area contributed by atoms with Gasteiger partial charge in [0.2, 0.25) is 0 Å². The number of thiazole rings is 1. The van der Waals surface area contributed by atoms with E-state index in [1.165, 1.54) is 11.3 Å². The minimum absolute atomic E-state index is 0.0255. The number of amides is 1. The highest BCUT2D eigenvalue weighted by Gasteiger charge is 2.38. The highest BCUT2D eigenvalue weighted by atomic mass is 32.1. The molecule has 0 saturated carbocycles. The van der Waals surface area contributed by atoms with Gasteiger partial charge in [0.15, 0.2) is 0 Å². The van der Waals surface area contributed by atoms with E-state index < -0.39 is 11.4 Å². The molecule has 1 amide bonds. The largest absolute Gasteiger partial charge is 0.481 e. The van der Waals surface area contributed by atoms with Gasteiger partial charge in [-0.25, -0.2) is 4.98 Å². The molecule has 1 aliphatic heterocycles. The molecule has 5 nitrogen and oxygen atoms in total. The number of carbonyl (C=O) groups is 2. The third-order valence-electron chi connectivity index (χ3n) is 3.61. The lowest BCUT2D eigenvalue weighted by Crippen LogP contribution is -2.45. The van der Waals surface area contributed by atoms with E-state index in [0.29, 0.717) is 30.8 Å². The topological polar surface area (TPSA) is 70.5 Å². The Labute approximate surface area is 109 Å². The molecule has 0 bridgehead atoms. The number of likely N-dealkylation sites (tertiary alicyclic amines) is 1. The smallest absolute Gasteiger partial charge is 0.309 e. The van der Waals surface area contributed by atoms with Crippen molar-refractivity contribution in [2.24, 2.45) is 5.41 Å². The summed E-state index contributed by atoms with van der Waals surface area (Å²) in [6, 6.07) is 0. The fourth-order valence-electron chi connectivity index (χ4n) is 2.07. The van der Waals surface area contributed by atoms with E-state index in [-0.39, 0.29) is 5.91 Å². The number of nitrogens with zero attached hydrogens (tertiary/aromatic N) is 2. The number of carbonyl (C=O) groups excluding carboxylic acids is 1. The first-order valence-corrected chi connectivity index (χ1v) is 6.75. The Morgan fingerprint density at radius 2 is 2.06 bits per heavy atom. The first-order valence-electron chi connectivity index (χ1n) is 5.87. The van der Waals surface area contributed by atoms with Crippen molar-refractivity contribution in [3.63, 3.8) is 0 Å². The van der Waals surface area contributed by atoms with E-state index in [1.54, 1.807) is 17.3 Å². The monoisotopic (exact) mass is 268 g/mol. The molecule has 1 saturated heterocycles. The van der Waals surface area contributed by atoms with Gasteiger partial charge in [-0.05, 0) is 26.7 Å². The summed E-state index contributed by atoms with van der Waals surface area (Å²) in [4.78, 5) is 29.8. The summed E-state index contributed by atoms with van der Waals surface area (Å²) in [6.07, 6.45) is 1.01. The normalized spacial score (nSPS) is 18.7. The van der Waals surface area contributed by atoms with Crippen molar-refractivity contribution in [1.82, 2.24) is 9.88 Å². The molecule has 2 rings (SSSR count). The summed E-state index contributed by atoms with van der Waals surface area (Å²) in [5.74, 6) is -0.800. The molecule has 1 N–H and O–H groups in total. The average Bonchev–Trinajstić information content (AvgIpc) is 2.75. The third kappa shape index (κ3) is 2.25. The van der Waals surface area contributed by atoms with E-state index in [2.05, 4.69) is 4.98 Å². The summed E-state index contributed by atoms with van der Waals surface area (Å²) in [6.45, 7) is 4.56. The van der Waals surface area contributed by atoms with Gasteiger partial charge < -0.3 is 10.0 Å². The molecule has 0 radical (unpaired) electrons. The van der Waals surface area contributed by atoms with Crippen molar-refractivity contribution in [3.05, 3.63) is 16.1 Å². The van der Waals surface area contributed by atoms with Gasteiger partial charge in [0.1, 0.15) is 4.88 Å². The molecule has 1 fully saturated rings. The molecule has 98 valence electrons. The molecule has 1 aromatic rings. The standard InChI is InChI=1S/C12H16N2O3S/c1-8-9(18-7-13-8)10(15)14-5-3-12(2,4-6-14)11(16)17/h7H,3-6H2,1-2H3,(H,16,17). The summed E-state index contributed by atoms with van der Waals surface area (Å²) in [7, 11) is 0. The Morgan fingerprint density at radius 1 is 1.44 bits per heavy atom. The van der Waals surface area contributed by atoms with Crippen LogP contribution in [0.5, 0.6) is 0 Å². The van der Waals surface area contributed by atoms with Gasteiger partial charge in [-0.15, -0.1) is 11.3 Å². The second kappa shape index (κ2) is 4.68. The Morgan fingerprint density at radius 3 is 2.50 bits per heavy atom. The van der Waals surface area contributed by atoms with Crippen LogP contribution in [0.1, 0.15) is 35.1 Å². The first-order chi connectivity index (χ1) is 8.44. The fraction of sp³-hybridized carbons (Fsp3) is 0.583. The lowest BCUT2D eigenvalue weighted by Gasteiger charge is -2.36. The SMILES string of the molecule is Cc1ncsc1C(=O)N1CCC(C)(C(=O)O)CC1. The van der Waals surface area contributed by atoms with Gasteiger partial charge in [0.05, 0.1) is 16.6 Å². The average molecular weight is 268 g/mol. The molecule has 6 heteroatoms. The minimum Gasteiger partial charge on any atom is -0.481 e. The van der Waals surface area contributed by atoms with Crippen LogP contribution in [0.3, 0.4) is 0 Å². The van der Waals surface area contributed by atoms with Crippen LogP contribution in [0.25, 0.3) is 0 Å². The van der Waals surface area contributed by atoms with Crippen LogP contribution >= 0.6 is 11.3 Å². The van der Waals surface area contributed by atoms with Crippen LogP contribution in [0, 0.1) is 12.3 Å². The van der Waals surface area contributed by atoms with Gasteiger partial charge in [0, 0.05) is 13.1 Å². The first kappa shape index (κ1) is 13.0. The molecular formula is C12H16N2O3S. The van der Waals surface area contributed by atoms with E-state index >= 15 is 0 Å². The molecule has 0 spiro atoms. The molecule has 1 aromatic heterocycles. The van der Waals surface area contributed by atoms with Gasteiger partial charge >= 0.3 is 5.97 Å². The van der Waals surface area contributed by atoms with Crippen molar-refractivity contribution in [2.75, 3.05) is 13.1 Å². The number of hydrogen-bond donors (Lipinski definition) is 1. The lowest BCUT2D eigenvalue weighted by atomic mass is 9.80. The Bertz CT molecular complexity index is 475. The summed E-state index contributed by atoms with van der Waals surface area (Å²) in [5.41, 5.74) is 1.71. The third-order valence-corrected chi connectivity index (χ3v) is 4.53. The van der Waals surface area contributed by atoms with Crippen LogP contribution in [-0.4, -0.2) is 40.0 Å². The summed E-state index contributed by atoms with van der Waals surface area (Å²) in [5, 5.41) is 9.14. The molecule has 0 aliphatic carbocycles. The quantitative estimate of drug-likeness (QED) is 0.887. The Hall–Kier alpha value is -1.43. The van der Waals surface area contributed by atoms with Crippen LogP contribution in [0.2, 0.25) is 0 Å². The maximum absolute atomic E-state index is 12.2. The Balaban J connectivity index is 2.05. The molecule has 1 aliphatic rings. The van der Waals surface area contributed by atoms with Crippen molar-refractivity contribution in [3.8, 4) is 0 Å². The number of aromatic nitrogens is 1. The number of carboxylic acids is 1. The van der Waals surface area contributed by atoms with E-state index in [4.69, 9.17) is 5.11 Å². The maximum Gasteiger partial charge on any atom is 0.309 e. The van der Waals surface area contributed by atoms with Gasteiger partial charge in [0.25, 0.3) is 5.91 Å². The van der Waals surface area contributed by atoms with E-state index in [0.717, 1.165) is 5.69 Å². The zero-order valence-corrected chi connectivity index (χ0v) is 11.3. The van der Waals surface area contributed by atoms with Crippen molar-refractivity contribution in [1.29, 1.82) is 0 Å². The zero-order chi connectivity index (χ0) is 13.3. The Kier molecular flexibility index (Phi) is 3.38. The number of rotatable bonds is 2. The van der Waals surface area contributed by atoms with Crippen molar-refractivity contribution in [2.45, 2.75) is 26.7 Å². The predicted octanol–water partition coefficient (Wildman–Crippen LogP) is 1.78. The molecule has 2 heterocycles. The highest BCUT2D eigenvalue weighted by molar-refractivity contribution is 7.11. The number of carboxylic acid groups (broad SMARTS) is 1. The van der Waals surface area contributed by atoms with Crippen LogP contribution in [0.15, 0.2) is 5.51 Å². The minimum atomic E-state index is -0.774. The van der Waals surface area contributed by atoms with Crippen LogP contribution in [0.4, 0.5) is 0 Å². The number of piperidine rings is 1.